The summed E-state index contributed by atoms with van der Waals surface area (Å²) in [6.45, 7) is 7.01. The second-order valence-corrected chi connectivity index (χ2v) is 11.7. The molecular formula is C29H33NO7S. The van der Waals surface area contributed by atoms with Crippen molar-refractivity contribution < 1.29 is 32.2 Å². The lowest BCUT2D eigenvalue weighted by molar-refractivity contribution is -0.143. The van der Waals surface area contributed by atoms with Crippen molar-refractivity contribution >= 4 is 15.8 Å². The molecule has 3 aromatic rings. The number of ether oxygens (including phenoxy) is 4. The summed E-state index contributed by atoms with van der Waals surface area (Å²) in [5.74, 6) is 1.65. The molecule has 1 aromatic heterocycles. The molecule has 1 aliphatic rings. The molecule has 0 spiro atoms. The van der Waals surface area contributed by atoms with Gasteiger partial charge < -0.3 is 18.9 Å². The number of aryl methyl sites for hydroxylation is 2. The van der Waals surface area contributed by atoms with Crippen molar-refractivity contribution in [2.45, 2.75) is 39.7 Å². The minimum atomic E-state index is -3.08. The highest BCUT2D eigenvalue weighted by atomic mass is 32.2. The fraction of sp³-hybridized carbons (Fsp3) is 0.379. The van der Waals surface area contributed by atoms with Crippen LogP contribution in [0.4, 0.5) is 0 Å². The first-order chi connectivity index (χ1) is 18.1. The van der Waals surface area contributed by atoms with Crippen LogP contribution in [0.5, 0.6) is 17.4 Å². The van der Waals surface area contributed by atoms with E-state index in [9.17, 15) is 13.2 Å². The van der Waals surface area contributed by atoms with E-state index in [1.165, 1.54) is 6.26 Å². The highest BCUT2D eigenvalue weighted by Crippen LogP contribution is 2.37. The third kappa shape index (κ3) is 7.04. The van der Waals surface area contributed by atoms with Crippen LogP contribution in [0, 0.1) is 13.8 Å². The molecule has 38 heavy (non-hydrogen) atoms. The first kappa shape index (κ1) is 27.4. The van der Waals surface area contributed by atoms with Crippen LogP contribution in [0.2, 0.25) is 0 Å². The third-order valence-electron chi connectivity index (χ3n) is 6.27. The molecule has 0 saturated carbocycles. The van der Waals surface area contributed by atoms with Crippen LogP contribution in [-0.2, 0) is 26.0 Å². The molecule has 2 aromatic carbocycles. The van der Waals surface area contributed by atoms with Gasteiger partial charge in [0.1, 0.15) is 24.7 Å². The minimum Gasteiger partial charge on any atom is -0.493 e. The molecule has 1 unspecified atom stereocenters. The Kier molecular flexibility index (Phi) is 8.56. The SMILES string of the molecule is CCOC(=O)CC1COc2cc(COc3cccc(-c4c(C)cc(OCCS(C)(=O)=O)cc4C)n3)ccc21. The van der Waals surface area contributed by atoms with Gasteiger partial charge in [-0.1, -0.05) is 18.2 Å². The summed E-state index contributed by atoms with van der Waals surface area (Å²) in [5.41, 5.74) is 5.64. The van der Waals surface area contributed by atoms with Gasteiger partial charge >= 0.3 is 5.97 Å². The number of hydrogen-bond acceptors (Lipinski definition) is 8. The summed E-state index contributed by atoms with van der Waals surface area (Å²) in [4.78, 5) is 16.6. The van der Waals surface area contributed by atoms with E-state index in [1.54, 1.807) is 6.92 Å². The van der Waals surface area contributed by atoms with Gasteiger partial charge in [-0.3, -0.25) is 4.79 Å². The number of carbonyl (C=O) groups is 1. The number of sulfone groups is 1. The summed E-state index contributed by atoms with van der Waals surface area (Å²) in [5, 5.41) is 0. The normalized spacial score (nSPS) is 14.5. The molecule has 2 heterocycles. The number of fused-ring (bicyclic) bond motifs is 1. The van der Waals surface area contributed by atoms with E-state index in [-0.39, 0.29) is 24.2 Å². The number of pyridine rings is 1. The van der Waals surface area contributed by atoms with Crippen molar-refractivity contribution in [1.82, 2.24) is 4.98 Å². The smallest absolute Gasteiger partial charge is 0.306 e. The molecule has 0 N–H and O–H groups in total. The molecule has 1 aliphatic heterocycles. The highest BCUT2D eigenvalue weighted by Gasteiger charge is 2.27. The number of esters is 1. The highest BCUT2D eigenvalue weighted by molar-refractivity contribution is 7.90. The monoisotopic (exact) mass is 539 g/mol. The number of hydrogen-bond donors (Lipinski definition) is 0. The Morgan fingerprint density at radius 2 is 1.84 bits per heavy atom. The maximum atomic E-state index is 11.9. The van der Waals surface area contributed by atoms with Gasteiger partial charge in [0.15, 0.2) is 9.84 Å². The summed E-state index contributed by atoms with van der Waals surface area (Å²) in [6, 6.07) is 15.3. The summed E-state index contributed by atoms with van der Waals surface area (Å²) in [6.07, 6.45) is 1.50. The molecule has 0 amide bonds. The quantitative estimate of drug-likeness (QED) is 0.321. The van der Waals surface area contributed by atoms with Crippen molar-refractivity contribution in [2.75, 3.05) is 31.8 Å². The van der Waals surface area contributed by atoms with Gasteiger partial charge in [0.25, 0.3) is 0 Å². The van der Waals surface area contributed by atoms with E-state index < -0.39 is 9.84 Å². The van der Waals surface area contributed by atoms with Gasteiger partial charge in [0.2, 0.25) is 5.88 Å². The first-order valence-corrected chi connectivity index (χ1v) is 14.6. The molecule has 4 rings (SSSR count). The lowest BCUT2D eigenvalue weighted by Crippen LogP contribution is -2.12. The topological polar surface area (TPSA) is 101 Å². The molecule has 0 bridgehead atoms. The second kappa shape index (κ2) is 11.9. The fourth-order valence-corrected chi connectivity index (χ4v) is 4.90. The molecule has 202 valence electrons. The van der Waals surface area contributed by atoms with E-state index >= 15 is 0 Å². The molecule has 0 aliphatic carbocycles. The Hall–Kier alpha value is -3.59. The number of benzene rings is 2. The average Bonchev–Trinajstić information content (AvgIpc) is 3.24. The predicted molar refractivity (Wildman–Crippen MR) is 145 cm³/mol. The van der Waals surface area contributed by atoms with Gasteiger partial charge in [0, 0.05) is 29.4 Å². The minimum absolute atomic E-state index is 0.000294. The Labute approximate surface area is 223 Å². The standard InChI is InChI=1S/C29H33NO7S/c1-5-34-28(31)16-22-18-36-26-15-21(9-10-24(22)26)17-37-27-8-6-7-25(30-27)29-19(2)13-23(14-20(29)3)35-11-12-38(4,32)33/h6-10,13-15,22H,5,11-12,16-18H2,1-4H3. The van der Waals surface area contributed by atoms with Gasteiger partial charge in [0.05, 0.1) is 31.1 Å². The summed E-state index contributed by atoms with van der Waals surface area (Å²) >= 11 is 0. The Balaban J connectivity index is 1.42. The lowest BCUT2D eigenvalue weighted by atomic mass is 9.97. The van der Waals surface area contributed by atoms with E-state index in [4.69, 9.17) is 23.9 Å². The largest absolute Gasteiger partial charge is 0.493 e. The molecule has 0 radical (unpaired) electrons. The van der Waals surface area contributed by atoms with Crippen LogP contribution in [-0.4, -0.2) is 51.2 Å². The van der Waals surface area contributed by atoms with Crippen LogP contribution >= 0.6 is 0 Å². The van der Waals surface area contributed by atoms with Crippen LogP contribution in [0.15, 0.2) is 48.5 Å². The van der Waals surface area contributed by atoms with Crippen LogP contribution in [0.3, 0.4) is 0 Å². The zero-order valence-corrected chi connectivity index (χ0v) is 23.0. The Bertz CT molecular complexity index is 1400. The van der Waals surface area contributed by atoms with E-state index in [2.05, 4.69) is 0 Å². The molecule has 9 heteroatoms. The van der Waals surface area contributed by atoms with Gasteiger partial charge in [-0.15, -0.1) is 0 Å². The molecular weight excluding hydrogens is 506 g/mol. The van der Waals surface area contributed by atoms with Crippen LogP contribution in [0.1, 0.15) is 41.5 Å². The second-order valence-electron chi connectivity index (χ2n) is 9.45. The van der Waals surface area contributed by atoms with Crippen molar-refractivity contribution in [1.29, 1.82) is 0 Å². The van der Waals surface area contributed by atoms with Crippen molar-refractivity contribution in [3.63, 3.8) is 0 Å². The van der Waals surface area contributed by atoms with Crippen molar-refractivity contribution in [3.8, 4) is 28.6 Å². The average molecular weight is 540 g/mol. The maximum absolute atomic E-state index is 11.9. The zero-order valence-electron chi connectivity index (χ0n) is 22.2. The molecule has 0 fully saturated rings. The third-order valence-corrected chi connectivity index (χ3v) is 7.18. The van der Waals surface area contributed by atoms with Gasteiger partial charge in [-0.2, -0.15) is 0 Å². The maximum Gasteiger partial charge on any atom is 0.306 e. The first-order valence-electron chi connectivity index (χ1n) is 12.6. The van der Waals surface area contributed by atoms with E-state index in [1.807, 2.05) is 62.4 Å². The zero-order chi connectivity index (χ0) is 27.3. The van der Waals surface area contributed by atoms with E-state index in [0.29, 0.717) is 37.9 Å². The summed E-state index contributed by atoms with van der Waals surface area (Å²) in [7, 11) is -3.08. The molecule has 0 saturated heterocycles. The fourth-order valence-electron chi connectivity index (χ4n) is 4.51. The van der Waals surface area contributed by atoms with Crippen molar-refractivity contribution in [3.05, 3.63) is 70.8 Å². The molecule has 8 nitrogen and oxygen atoms in total. The Morgan fingerprint density at radius 3 is 2.55 bits per heavy atom. The Morgan fingerprint density at radius 1 is 1.08 bits per heavy atom. The number of rotatable bonds is 11. The van der Waals surface area contributed by atoms with E-state index in [0.717, 1.165) is 39.3 Å². The van der Waals surface area contributed by atoms with Crippen LogP contribution < -0.4 is 14.2 Å². The van der Waals surface area contributed by atoms with Gasteiger partial charge in [-0.05, 0) is 61.7 Å². The molecule has 1 atom stereocenters. The van der Waals surface area contributed by atoms with Crippen molar-refractivity contribution in [2.24, 2.45) is 0 Å². The van der Waals surface area contributed by atoms with Gasteiger partial charge in [-0.25, -0.2) is 13.4 Å². The summed E-state index contributed by atoms with van der Waals surface area (Å²) < 4.78 is 45.3. The van der Waals surface area contributed by atoms with Crippen LogP contribution in [0.25, 0.3) is 11.3 Å². The lowest BCUT2D eigenvalue weighted by Gasteiger charge is -2.14. The number of nitrogens with zero attached hydrogens (tertiary/aromatic N) is 1. The number of aromatic nitrogens is 1. The number of carbonyl (C=O) groups excluding carboxylic acids is 1. The predicted octanol–water partition coefficient (Wildman–Crippen LogP) is 4.80.